The Hall–Kier alpha value is -2.53. The number of nitrogens with one attached hydrogen (secondary N) is 2. The van der Waals surface area contributed by atoms with Crippen LogP contribution in [0.2, 0.25) is 0 Å². The van der Waals surface area contributed by atoms with Gasteiger partial charge in [0.05, 0.1) is 12.7 Å². The van der Waals surface area contributed by atoms with Crippen LogP contribution in [0.4, 0.5) is 0 Å². The summed E-state index contributed by atoms with van der Waals surface area (Å²) in [6.45, 7) is 6.58. The molecule has 0 spiro atoms. The van der Waals surface area contributed by atoms with Crippen LogP contribution in [-0.2, 0) is 17.6 Å². The van der Waals surface area contributed by atoms with Gasteiger partial charge in [-0.1, -0.05) is 11.6 Å². The Morgan fingerprint density at radius 3 is 2.81 bits per heavy atom. The van der Waals surface area contributed by atoms with Crippen LogP contribution in [0.3, 0.4) is 0 Å². The van der Waals surface area contributed by atoms with Crippen molar-refractivity contribution in [3.8, 4) is 0 Å². The third kappa shape index (κ3) is 3.99. The number of hydrogen-bond donors (Lipinski definition) is 3. The maximum atomic E-state index is 12.5. The second-order valence-corrected chi connectivity index (χ2v) is 7.05. The molecule has 5 nitrogen and oxygen atoms in total. The summed E-state index contributed by atoms with van der Waals surface area (Å²) in [6.07, 6.45) is 2.55. The molecule has 3 rings (SSSR count). The number of aromatic nitrogens is 1. The van der Waals surface area contributed by atoms with E-state index in [2.05, 4.69) is 36.3 Å². The number of aliphatic hydroxyl groups excluding tert-OH is 1. The van der Waals surface area contributed by atoms with E-state index < -0.39 is 0 Å². The molecule has 0 unspecified atom stereocenters. The molecule has 0 bridgehead atoms. The van der Waals surface area contributed by atoms with Crippen LogP contribution in [0, 0.1) is 26.7 Å². The molecule has 0 saturated heterocycles. The van der Waals surface area contributed by atoms with Gasteiger partial charge in [-0.2, -0.15) is 0 Å². The molecule has 0 aliphatic rings. The predicted octanol–water partition coefficient (Wildman–Crippen LogP) is 3.20. The van der Waals surface area contributed by atoms with Crippen LogP contribution in [0.5, 0.6) is 0 Å². The smallest absolute Gasteiger partial charge is 0.224 e. The average molecular weight is 354 g/mol. The molecular weight excluding hydrogens is 328 g/mol. The number of furan rings is 1. The van der Waals surface area contributed by atoms with Gasteiger partial charge in [0.25, 0.3) is 0 Å². The van der Waals surface area contributed by atoms with E-state index in [1.165, 1.54) is 11.1 Å². The van der Waals surface area contributed by atoms with Crippen molar-refractivity contribution < 1.29 is 14.3 Å². The van der Waals surface area contributed by atoms with Gasteiger partial charge in [-0.05, 0) is 50.1 Å². The standard InChI is InChI=1S/C21H26N2O3/c1-13-7-14(2)21-19(8-13)18(15(3)23-21)10-20(25)22-11-16(12-24)9-17-5-4-6-26-17/h4-8,16,23-24H,9-12H2,1-3H3,(H,22,25)/t16-/m1/s1. The van der Waals surface area contributed by atoms with Gasteiger partial charge in [0.2, 0.25) is 5.91 Å². The molecule has 2 heterocycles. The molecule has 2 aromatic heterocycles. The van der Waals surface area contributed by atoms with E-state index in [1.807, 2.05) is 19.1 Å². The SMILES string of the molecule is Cc1cc(C)c2[nH]c(C)c(CC(=O)NC[C@H](CO)Cc3ccco3)c2c1. The number of rotatable bonds is 7. The van der Waals surface area contributed by atoms with Gasteiger partial charge in [0.1, 0.15) is 5.76 Å². The molecule has 26 heavy (non-hydrogen) atoms. The van der Waals surface area contributed by atoms with Crippen molar-refractivity contribution in [1.82, 2.24) is 10.3 Å². The number of aromatic amines is 1. The number of carbonyl (C=O) groups excluding carboxylic acids is 1. The normalized spacial score (nSPS) is 12.5. The summed E-state index contributed by atoms with van der Waals surface area (Å²) in [5, 5.41) is 13.6. The first kappa shape index (κ1) is 18.3. The molecule has 138 valence electrons. The van der Waals surface area contributed by atoms with Crippen LogP contribution >= 0.6 is 0 Å². The molecule has 3 aromatic rings. The van der Waals surface area contributed by atoms with Crippen molar-refractivity contribution in [2.45, 2.75) is 33.6 Å². The number of aliphatic hydroxyl groups is 1. The highest BCUT2D eigenvalue weighted by Crippen LogP contribution is 2.26. The number of benzene rings is 1. The minimum absolute atomic E-state index is 0.00544. The Bertz CT molecular complexity index is 894. The van der Waals surface area contributed by atoms with Crippen molar-refractivity contribution in [3.63, 3.8) is 0 Å². The fourth-order valence-electron chi connectivity index (χ4n) is 3.46. The highest BCUT2D eigenvalue weighted by molar-refractivity contribution is 5.92. The van der Waals surface area contributed by atoms with E-state index in [0.29, 0.717) is 19.4 Å². The topological polar surface area (TPSA) is 78.3 Å². The first-order valence-corrected chi connectivity index (χ1v) is 8.96. The number of H-pyrrole nitrogens is 1. The van der Waals surface area contributed by atoms with Crippen molar-refractivity contribution in [1.29, 1.82) is 0 Å². The van der Waals surface area contributed by atoms with Gasteiger partial charge in [-0.3, -0.25) is 4.79 Å². The summed E-state index contributed by atoms with van der Waals surface area (Å²) in [4.78, 5) is 15.9. The van der Waals surface area contributed by atoms with Gasteiger partial charge in [-0.15, -0.1) is 0 Å². The van der Waals surface area contributed by atoms with Crippen LogP contribution in [-0.4, -0.2) is 29.1 Å². The van der Waals surface area contributed by atoms with Crippen LogP contribution in [0.25, 0.3) is 10.9 Å². The molecule has 0 aliphatic carbocycles. The minimum Gasteiger partial charge on any atom is -0.469 e. The first-order valence-electron chi connectivity index (χ1n) is 8.96. The second kappa shape index (κ2) is 7.79. The van der Waals surface area contributed by atoms with Gasteiger partial charge >= 0.3 is 0 Å². The molecule has 5 heteroatoms. The number of amides is 1. The molecule has 0 saturated carbocycles. The van der Waals surface area contributed by atoms with Crippen molar-refractivity contribution in [2.75, 3.05) is 13.2 Å². The van der Waals surface area contributed by atoms with Gasteiger partial charge in [-0.25, -0.2) is 0 Å². The minimum atomic E-state index is -0.0568. The zero-order valence-corrected chi connectivity index (χ0v) is 15.6. The van der Waals surface area contributed by atoms with Crippen molar-refractivity contribution >= 4 is 16.8 Å². The van der Waals surface area contributed by atoms with Crippen molar-refractivity contribution in [3.05, 3.63) is 58.7 Å². The van der Waals surface area contributed by atoms with E-state index in [-0.39, 0.29) is 18.4 Å². The van der Waals surface area contributed by atoms with E-state index in [9.17, 15) is 9.90 Å². The quantitative estimate of drug-likeness (QED) is 0.610. The average Bonchev–Trinajstić information content (AvgIpc) is 3.21. The third-order valence-electron chi connectivity index (χ3n) is 4.82. The molecule has 1 aromatic carbocycles. The summed E-state index contributed by atoms with van der Waals surface area (Å²) in [5.41, 5.74) is 5.54. The lowest BCUT2D eigenvalue weighted by molar-refractivity contribution is -0.120. The molecule has 1 amide bonds. The summed E-state index contributed by atoms with van der Waals surface area (Å²) in [6, 6.07) is 7.97. The van der Waals surface area contributed by atoms with Crippen LogP contribution in [0.1, 0.15) is 28.1 Å². The Morgan fingerprint density at radius 1 is 1.31 bits per heavy atom. The van der Waals surface area contributed by atoms with Crippen molar-refractivity contribution in [2.24, 2.45) is 5.92 Å². The molecule has 0 fully saturated rings. The fourth-order valence-corrected chi connectivity index (χ4v) is 3.46. The first-order chi connectivity index (χ1) is 12.5. The van der Waals surface area contributed by atoms with E-state index >= 15 is 0 Å². The molecule has 0 aliphatic heterocycles. The highest BCUT2D eigenvalue weighted by atomic mass is 16.3. The summed E-state index contributed by atoms with van der Waals surface area (Å²) < 4.78 is 5.32. The highest BCUT2D eigenvalue weighted by Gasteiger charge is 2.16. The lowest BCUT2D eigenvalue weighted by Gasteiger charge is -2.14. The van der Waals surface area contributed by atoms with Gasteiger partial charge in [0.15, 0.2) is 0 Å². The third-order valence-corrected chi connectivity index (χ3v) is 4.82. The van der Waals surface area contributed by atoms with E-state index in [1.54, 1.807) is 6.26 Å². The van der Waals surface area contributed by atoms with Gasteiger partial charge < -0.3 is 19.8 Å². The number of carbonyl (C=O) groups is 1. The zero-order valence-electron chi connectivity index (χ0n) is 15.6. The zero-order chi connectivity index (χ0) is 18.7. The Kier molecular flexibility index (Phi) is 5.47. The lowest BCUT2D eigenvalue weighted by Crippen LogP contribution is -2.32. The number of aryl methyl sites for hydroxylation is 3. The summed E-state index contributed by atoms with van der Waals surface area (Å²) in [5.74, 6) is 0.724. The maximum absolute atomic E-state index is 12.5. The molecule has 3 N–H and O–H groups in total. The predicted molar refractivity (Wildman–Crippen MR) is 102 cm³/mol. The largest absolute Gasteiger partial charge is 0.469 e. The Morgan fingerprint density at radius 2 is 2.12 bits per heavy atom. The molecule has 0 radical (unpaired) electrons. The monoisotopic (exact) mass is 354 g/mol. The second-order valence-electron chi connectivity index (χ2n) is 7.05. The number of hydrogen-bond acceptors (Lipinski definition) is 3. The van der Waals surface area contributed by atoms with Gasteiger partial charge in [0, 0.05) is 42.1 Å². The van der Waals surface area contributed by atoms with Crippen LogP contribution < -0.4 is 5.32 Å². The summed E-state index contributed by atoms with van der Waals surface area (Å²) >= 11 is 0. The Labute approximate surface area is 153 Å². The van der Waals surface area contributed by atoms with E-state index in [4.69, 9.17) is 4.42 Å². The Balaban J connectivity index is 1.66. The fraction of sp³-hybridized carbons (Fsp3) is 0.381. The van der Waals surface area contributed by atoms with E-state index in [0.717, 1.165) is 27.9 Å². The molecular formula is C21H26N2O3. The number of fused-ring (bicyclic) bond motifs is 1. The molecule has 1 atom stereocenters. The summed E-state index contributed by atoms with van der Waals surface area (Å²) in [7, 11) is 0. The lowest BCUT2D eigenvalue weighted by atomic mass is 10.0. The van der Waals surface area contributed by atoms with Crippen LogP contribution in [0.15, 0.2) is 34.9 Å². The maximum Gasteiger partial charge on any atom is 0.224 e.